The molecule has 0 atom stereocenters. The van der Waals surface area contributed by atoms with Crippen molar-refractivity contribution in [1.29, 1.82) is 0 Å². The number of amides is 2. The van der Waals surface area contributed by atoms with Crippen LogP contribution in [0.1, 0.15) is 24.7 Å². The summed E-state index contributed by atoms with van der Waals surface area (Å²) in [5.41, 5.74) is 2.08. The van der Waals surface area contributed by atoms with E-state index in [1.165, 1.54) is 12.5 Å². The van der Waals surface area contributed by atoms with Crippen molar-refractivity contribution in [2.45, 2.75) is 26.2 Å². The molecule has 2 aromatic rings. The maximum Gasteiger partial charge on any atom is 0.223 e. The highest BCUT2D eigenvalue weighted by atomic mass is 16.3. The van der Waals surface area contributed by atoms with E-state index in [-0.39, 0.29) is 11.8 Å². The molecule has 0 unspecified atom stereocenters. The third-order valence-electron chi connectivity index (χ3n) is 4.88. The lowest BCUT2D eigenvalue weighted by atomic mass is 10.1. The van der Waals surface area contributed by atoms with E-state index < -0.39 is 0 Å². The molecule has 1 aromatic heterocycles. The third kappa shape index (κ3) is 5.96. The van der Waals surface area contributed by atoms with Gasteiger partial charge in [0.15, 0.2) is 0 Å². The zero-order chi connectivity index (χ0) is 19.1. The molecule has 6 heteroatoms. The summed E-state index contributed by atoms with van der Waals surface area (Å²) in [6.07, 6.45) is 3.79. The van der Waals surface area contributed by atoms with Gasteiger partial charge in [0.25, 0.3) is 0 Å². The van der Waals surface area contributed by atoms with Crippen molar-refractivity contribution in [2.75, 3.05) is 38.0 Å². The van der Waals surface area contributed by atoms with Crippen LogP contribution in [-0.4, -0.2) is 54.3 Å². The van der Waals surface area contributed by atoms with Gasteiger partial charge in [-0.15, -0.1) is 0 Å². The fourth-order valence-electron chi connectivity index (χ4n) is 3.31. The van der Waals surface area contributed by atoms with Crippen LogP contribution in [-0.2, 0) is 22.4 Å². The van der Waals surface area contributed by atoms with E-state index in [9.17, 15) is 9.59 Å². The topological polar surface area (TPSA) is 65.8 Å². The van der Waals surface area contributed by atoms with Crippen molar-refractivity contribution in [2.24, 2.45) is 0 Å². The fraction of sp³-hybridized carbons (Fsp3) is 0.429. The zero-order valence-corrected chi connectivity index (χ0v) is 15.8. The van der Waals surface area contributed by atoms with Crippen molar-refractivity contribution in [3.63, 3.8) is 0 Å². The van der Waals surface area contributed by atoms with Gasteiger partial charge >= 0.3 is 0 Å². The number of aryl methyl sites for hydroxylation is 1. The van der Waals surface area contributed by atoms with E-state index in [1.54, 1.807) is 6.26 Å². The number of carbonyl (C=O) groups is 2. The maximum absolute atomic E-state index is 12.3. The van der Waals surface area contributed by atoms with E-state index in [1.807, 2.05) is 29.2 Å². The maximum atomic E-state index is 12.3. The summed E-state index contributed by atoms with van der Waals surface area (Å²) in [6, 6.07) is 11.7. The number of carbonyl (C=O) groups excluding carboxylic acids is 2. The summed E-state index contributed by atoms with van der Waals surface area (Å²) in [4.78, 5) is 27.7. The van der Waals surface area contributed by atoms with Gasteiger partial charge in [0.05, 0.1) is 6.26 Å². The second-order valence-corrected chi connectivity index (χ2v) is 6.93. The van der Waals surface area contributed by atoms with Crippen LogP contribution in [0.2, 0.25) is 0 Å². The minimum Gasteiger partial charge on any atom is -0.469 e. The molecule has 1 aliphatic heterocycles. The Kier molecular flexibility index (Phi) is 6.65. The van der Waals surface area contributed by atoms with Gasteiger partial charge in [-0.05, 0) is 36.2 Å². The molecule has 1 N–H and O–H groups in total. The van der Waals surface area contributed by atoms with Crippen LogP contribution in [0.3, 0.4) is 0 Å². The Hall–Kier alpha value is -2.60. The highest BCUT2D eigenvalue weighted by molar-refractivity contribution is 5.88. The molecule has 0 spiro atoms. The largest absolute Gasteiger partial charge is 0.469 e. The van der Waals surface area contributed by atoms with Crippen LogP contribution < -0.4 is 5.32 Å². The van der Waals surface area contributed by atoms with Crippen LogP contribution in [0.4, 0.5) is 5.69 Å². The number of benzene rings is 1. The molecule has 0 radical (unpaired) electrons. The van der Waals surface area contributed by atoms with Gasteiger partial charge in [-0.25, -0.2) is 0 Å². The molecule has 0 saturated carbocycles. The molecule has 6 nitrogen and oxygen atoms in total. The van der Waals surface area contributed by atoms with Gasteiger partial charge in [0.1, 0.15) is 5.76 Å². The lowest BCUT2D eigenvalue weighted by Crippen LogP contribution is -2.49. The minimum atomic E-state index is -0.0562. The summed E-state index contributed by atoms with van der Waals surface area (Å²) in [6.45, 7) is 5.90. The summed E-state index contributed by atoms with van der Waals surface area (Å²) >= 11 is 0. The Morgan fingerprint density at radius 2 is 1.78 bits per heavy atom. The number of piperazine rings is 1. The minimum absolute atomic E-state index is 0.0562. The smallest absolute Gasteiger partial charge is 0.223 e. The number of furan rings is 1. The summed E-state index contributed by atoms with van der Waals surface area (Å²) < 4.78 is 5.29. The zero-order valence-electron chi connectivity index (χ0n) is 15.8. The van der Waals surface area contributed by atoms with Gasteiger partial charge in [-0.2, -0.15) is 0 Å². The summed E-state index contributed by atoms with van der Waals surface area (Å²) in [7, 11) is 0. The quantitative estimate of drug-likeness (QED) is 0.815. The second-order valence-electron chi connectivity index (χ2n) is 6.93. The van der Waals surface area contributed by atoms with Crippen LogP contribution in [0.5, 0.6) is 0 Å². The Morgan fingerprint density at radius 3 is 2.41 bits per heavy atom. The highest BCUT2D eigenvalue weighted by Gasteiger charge is 2.20. The predicted molar refractivity (Wildman–Crippen MR) is 104 cm³/mol. The standard InChI is InChI=1S/C21H27N3O3/c1-17(25)22-19-6-4-18(5-7-19)10-11-23-12-14-24(15-13-23)21(26)9-8-20-3-2-16-27-20/h2-7,16H,8-15H2,1H3,(H,22,25). The molecule has 0 aliphatic carbocycles. The molecule has 144 valence electrons. The van der Waals surface area contributed by atoms with Crippen LogP contribution >= 0.6 is 0 Å². The average Bonchev–Trinajstić information content (AvgIpc) is 3.19. The van der Waals surface area contributed by atoms with Crippen LogP contribution in [0.15, 0.2) is 47.1 Å². The number of rotatable bonds is 7. The lowest BCUT2D eigenvalue weighted by molar-refractivity contribution is -0.133. The number of hydrogen-bond donors (Lipinski definition) is 1. The van der Waals surface area contributed by atoms with E-state index in [0.29, 0.717) is 12.8 Å². The number of nitrogens with zero attached hydrogens (tertiary/aromatic N) is 2. The highest BCUT2D eigenvalue weighted by Crippen LogP contribution is 2.12. The van der Waals surface area contributed by atoms with Crippen LogP contribution in [0.25, 0.3) is 0 Å². The molecule has 0 bridgehead atoms. The first kappa shape index (κ1) is 19.2. The molecule has 1 aromatic carbocycles. The van der Waals surface area contributed by atoms with Crippen molar-refractivity contribution < 1.29 is 14.0 Å². The molecule has 1 aliphatic rings. The monoisotopic (exact) mass is 369 g/mol. The lowest BCUT2D eigenvalue weighted by Gasteiger charge is -2.34. The molecule has 27 heavy (non-hydrogen) atoms. The van der Waals surface area contributed by atoms with E-state index in [2.05, 4.69) is 22.3 Å². The Bertz CT molecular complexity index is 733. The van der Waals surface area contributed by atoms with Crippen LogP contribution in [0, 0.1) is 0 Å². The Labute approximate surface area is 160 Å². The van der Waals surface area contributed by atoms with Gasteiger partial charge in [0.2, 0.25) is 11.8 Å². The van der Waals surface area contributed by atoms with Crippen molar-refractivity contribution in [3.05, 3.63) is 54.0 Å². The molecule has 3 rings (SSSR count). The molecule has 2 heterocycles. The molecule has 2 amide bonds. The first-order valence-electron chi connectivity index (χ1n) is 9.49. The first-order chi connectivity index (χ1) is 13.1. The first-order valence-corrected chi connectivity index (χ1v) is 9.49. The fourth-order valence-corrected chi connectivity index (χ4v) is 3.31. The Morgan fingerprint density at radius 1 is 1.04 bits per heavy atom. The third-order valence-corrected chi connectivity index (χ3v) is 4.88. The van der Waals surface area contributed by atoms with Crippen molar-refractivity contribution in [1.82, 2.24) is 9.80 Å². The van der Waals surface area contributed by atoms with Gasteiger partial charge in [-0.1, -0.05) is 12.1 Å². The molecular weight excluding hydrogens is 342 g/mol. The van der Waals surface area contributed by atoms with Gasteiger partial charge < -0.3 is 14.6 Å². The normalized spacial score (nSPS) is 14.9. The van der Waals surface area contributed by atoms with E-state index >= 15 is 0 Å². The summed E-state index contributed by atoms with van der Waals surface area (Å²) in [5, 5.41) is 2.78. The predicted octanol–water partition coefficient (Wildman–Crippen LogP) is 2.56. The second kappa shape index (κ2) is 9.37. The van der Waals surface area contributed by atoms with E-state index in [0.717, 1.165) is 50.6 Å². The Balaban J connectivity index is 1.36. The molecule has 1 fully saturated rings. The number of anilines is 1. The molecule has 1 saturated heterocycles. The number of hydrogen-bond acceptors (Lipinski definition) is 4. The van der Waals surface area contributed by atoms with Crippen molar-refractivity contribution >= 4 is 17.5 Å². The molecular formula is C21H27N3O3. The summed E-state index contributed by atoms with van der Waals surface area (Å²) in [5.74, 6) is 1.02. The average molecular weight is 369 g/mol. The number of nitrogens with one attached hydrogen (secondary N) is 1. The van der Waals surface area contributed by atoms with Gasteiger partial charge in [0, 0.05) is 58.2 Å². The van der Waals surface area contributed by atoms with Gasteiger partial charge in [-0.3, -0.25) is 14.5 Å². The van der Waals surface area contributed by atoms with E-state index in [4.69, 9.17) is 4.42 Å². The SMILES string of the molecule is CC(=O)Nc1ccc(CCN2CCN(C(=O)CCc3ccco3)CC2)cc1. The van der Waals surface area contributed by atoms with Crippen molar-refractivity contribution in [3.8, 4) is 0 Å².